The van der Waals surface area contributed by atoms with E-state index in [0.717, 1.165) is 6.42 Å². The first kappa shape index (κ1) is 9.46. The lowest BCUT2D eigenvalue weighted by Crippen LogP contribution is -1.87. The van der Waals surface area contributed by atoms with Crippen molar-refractivity contribution < 1.29 is 0 Å². The van der Waals surface area contributed by atoms with Crippen LogP contribution < -0.4 is 5.43 Å². The molecule has 1 aromatic carbocycles. The first-order valence-corrected chi connectivity index (χ1v) is 4.26. The van der Waals surface area contributed by atoms with E-state index in [1.165, 1.54) is 12.1 Å². The molecule has 0 unspecified atom stereocenters. The van der Waals surface area contributed by atoms with Gasteiger partial charge in [0.15, 0.2) is 5.43 Å². The lowest BCUT2D eigenvalue weighted by molar-refractivity contribution is 1.45. The summed E-state index contributed by atoms with van der Waals surface area (Å²) in [5.74, 6) is 0. The van der Waals surface area contributed by atoms with Crippen LogP contribution in [-0.2, 0) is 0 Å². The normalized spacial score (nSPS) is 12.0. The summed E-state index contributed by atoms with van der Waals surface area (Å²) >= 11 is 0. The largest absolute Gasteiger partial charge is 0.290 e. The fourth-order valence-corrected chi connectivity index (χ4v) is 0.877. The van der Waals surface area contributed by atoms with E-state index < -0.39 is 0 Å². The molecule has 0 aliphatic heterocycles. The van der Waals surface area contributed by atoms with Gasteiger partial charge in [0.1, 0.15) is 0 Å². The number of rotatable bonds is 0. The molecule has 0 aromatic heterocycles. The van der Waals surface area contributed by atoms with E-state index in [-0.39, 0.29) is 5.43 Å². The van der Waals surface area contributed by atoms with Crippen molar-refractivity contribution in [1.82, 2.24) is 0 Å². The Kier molecular flexibility index (Phi) is 4.33. The molecule has 0 heterocycles. The minimum absolute atomic E-state index is 0.0509. The highest BCUT2D eigenvalue weighted by atomic mass is 16.1. The van der Waals surface area contributed by atoms with Crippen LogP contribution in [0.1, 0.15) is 6.42 Å². The van der Waals surface area contributed by atoms with Crippen LogP contribution in [0.15, 0.2) is 65.5 Å². The molecule has 13 heavy (non-hydrogen) atoms. The van der Waals surface area contributed by atoms with Gasteiger partial charge in [0.05, 0.1) is 0 Å². The lowest BCUT2D eigenvalue weighted by Gasteiger charge is -1.57. The van der Waals surface area contributed by atoms with Gasteiger partial charge in [-0.2, -0.15) is 0 Å². The molecular formula is C12H12O. The molecule has 1 nitrogen and oxygen atoms in total. The molecule has 0 radical (unpaired) electrons. The molecule has 0 fully saturated rings. The summed E-state index contributed by atoms with van der Waals surface area (Å²) in [4.78, 5) is 10.5. The van der Waals surface area contributed by atoms with Crippen LogP contribution in [0.3, 0.4) is 0 Å². The molecule has 0 saturated carbocycles. The van der Waals surface area contributed by atoms with Crippen molar-refractivity contribution in [3.63, 3.8) is 0 Å². The monoisotopic (exact) mass is 172 g/mol. The highest BCUT2D eigenvalue weighted by molar-refractivity contribution is 5.12. The predicted molar refractivity (Wildman–Crippen MR) is 55.6 cm³/mol. The van der Waals surface area contributed by atoms with Crippen LogP contribution in [-0.4, -0.2) is 0 Å². The summed E-state index contributed by atoms with van der Waals surface area (Å²) in [5.41, 5.74) is 0.0509. The van der Waals surface area contributed by atoms with Crippen molar-refractivity contribution >= 4 is 0 Å². The number of allylic oxidation sites excluding steroid dienone is 4. The van der Waals surface area contributed by atoms with E-state index in [1.54, 1.807) is 12.1 Å². The highest BCUT2D eigenvalue weighted by Gasteiger charge is 1.72. The summed E-state index contributed by atoms with van der Waals surface area (Å²) in [6, 6.07) is 10.1. The van der Waals surface area contributed by atoms with E-state index in [9.17, 15) is 4.79 Å². The first-order chi connectivity index (χ1) is 6.39. The van der Waals surface area contributed by atoms with Gasteiger partial charge in [0.2, 0.25) is 0 Å². The van der Waals surface area contributed by atoms with Crippen molar-refractivity contribution in [3.8, 4) is 0 Å². The third-order valence-electron chi connectivity index (χ3n) is 1.51. The molecule has 0 atom stereocenters. The maximum atomic E-state index is 10.5. The van der Waals surface area contributed by atoms with Crippen LogP contribution in [0.25, 0.3) is 0 Å². The maximum absolute atomic E-state index is 10.5. The van der Waals surface area contributed by atoms with Crippen LogP contribution in [0, 0.1) is 0 Å². The number of hydrogen-bond donors (Lipinski definition) is 0. The van der Waals surface area contributed by atoms with E-state index >= 15 is 0 Å². The molecule has 0 spiro atoms. The summed E-state index contributed by atoms with van der Waals surface area (Å²) in [6.07, 6.45) is 9.50. The van der Waals surface area contributed by atoms with Gasteiger partial charge in [-0.1, -0.05) is 48.6 Å². The van der Waals surface area contributed by atoms with Crippen molar-refractivity contribution in [2.75, 3.05) is 0 Å². The molecule has 1 aliphatic carbocycles. The van der Waals surface area contributed by atoms with Gasteiger partial charge in [-0.25, -0.2) is 0 Å². The van der Waals surface area contributed by atoms with E-state index in [2.05, 4.69) is 24.3 Å². The lowest BCUT2D eigenvalue weighted by atomic mass is 10.5. The van der Waals surface area contributed by atoms with Crippen LogP contribution >= 0.6 is 0 Å². The fourth-order valence-electron chi connectivity index (χ4n) is 0.877. The molecule has 2 rings (SSSR count). The van der Waals surface area contributed by atoms with Crippen molar-refractivity contribution in [1.29, 1.82) is 0 Å². The predicted octanol–water partition coefficient (Wildman–Crippen LogP) is 2.55. The van der Waals surface area contributed by atoms with E-state index in [0.29, 0.717) is 0 Å². The average Bonchev–Trinajstić information content (AvgIpc) is 2.62. The van der Waals surface area contributed by atoms with Crippen LogP contribution in [0.5, 0.6) is 0 Å². The van der Waals surface area contributed by atoms with Crippen molar-refractivity contribution in [3.05, 3.63) is 70.9 Å². The summed E-state index contributed by atoms with van der Waals surface area (Å²) < 4.78 is 0. The molecule has 1 aromatic rings. The van der Waals surface area contributed by atoms with Gasteiger partial charge in [-0.05, 0) is 18.6 Å². The maximum Gasteiger partial charge on any atom is 0.178 e. The Labute approximate surface area is 78.0 Å². The van der Waals surface area contributed by atoms with Gasteiger partial charge < -0.3 is 0 Å². The second-order valence-electron chi connectivity index (χ2n) is 2.60. The molecule has 66 valence electrons. The van der Waals surface area contributed by atoms with Gasteiger partial charge in [-0.3, -0.25) is 4.79 Å². The van der Waals surface area contributed by atoms with Gasteiger partial charge in [-0.15, -0.1) is 0 Å². The Morgan fingerprint density at radius 3 is 1.77 bits per heavy atom. The van der Waals surface area contributed by atoms with Gasteiger partial charge >= 0.3 is 0 Å². The molecule has 0 N–H and O–H groups in total. The Morgan fingerprint density at radius 1 is 0.846 bits per heavy atom. The Balaban J connectivity index is 0.000000145. The zero-order valence-electron chi connectivity index (χ0n) is 7.39. The highest BCUT2D eigenvalue weighted by Crippen LogP contribution is 1.93. The summed E-state index contributed by atoms with van der Waals surface area (Å²) in [6.45, 7) is 0. The topological polar surface area (TPSA) is 17.1 Å². The van der Waals surface area contributed by atoms with Gasteiger partial charge in [0, 0.05) is 0 Å². The molecule has 0 saturated heterocycles. The molecular weight excluding hydrogens is 160 g/mol. The van der Waals surface area contributed by atoms with E-state index in [4.69, 9.17) is 0 Å². The third-order valence-corrected chi connectivity index (χ3v) is 1.51. The standard InChI is InChI=1S/C7H6O.C5H6/c8-7-5-3-1-2-4-6-7;1-2-4-5-3-1/h1-6H;1-4H,5H2. The molecule has 0 bridgehead atoms. The minimum Gasteiger partial charge on any atom is -0.290 e. The molecule has 1 aliphatic rings. The fraction of sp³-hybridized carbons (Fsp3) is 0.0833. The van der Waals surface area contributed by atoms with E-state index in [1.807, 2.05) is 12.1 Å². The third kappa shape index (κ3) is 4.75. The molecule has 1 heteroatoms. The minimum atomic E-state index is 0.0509. The second kappa shape index (κ2) is 5.95. The Morgan fingerprint density at radius 2 is 1.38 bits per heavy atom. The van der Waals surface area contributed by atoms with Crippen LogP contribution in [0.4, 0.5) is 0 Å². The SMILES string of the molecule is C1=CCC=C1.O=c1cccccc1. The Bertz CT molecular complexity index is 318. The second-order valence-corrected chi connectivity index (χ2v) is 2.60. The zero-order chi connectivity index (χ0) is 9.36. The quantitative estimate of drug-likeness (QED) is 0.587. The Hall–Kier alpha value is -1.63. The van der Waals surface area contributed by atoms with Crippen molar-refractivity contribution in [2.24, 2.45) is 0 Å². The van der Waals surface area contributed by atoms with Crippen molar-refractivity contribution in [2.45, 2.75) is 6.42 Å². The average molecular weight is 172 g/mol. The summed E-state index contributed by atoms with van der Waals surface area (Å²) in [7, 11) is 0. The first-order valence-electron chi connectivity index (χ1n) is 4.26. The summed E-state index contributed by atoms with van der Waals surface area (Å²) in [5, 5.41) is 0. The van der Waals surface area contributed by atoms with Crippen LogP contribution in [0.2, 0.25) is 0 Å². The van der Waals surface area contributed by atoms with Gasteiger partial charge in [0.25, 0.3) is 0 Å². The molecule has 0 amide bonds. The number of hydrogen-bond acceptors (Lipinski definition) is 1. The zero-order valence-corrected chi connectivity index (χ0v) is 7.39. The smallest absolute Gasteiger partial charge is 0.178 e.